The van der Waals surface area contributed by atoms with Crippen LogP contribution in [0.15, 0.2) is 70.7 Å². The number of amides is 2. The molecule has 65 heavy (non-hydrogen) atoms. The monoisotopic (exact) mass is 904 g/mol. The maximum absolute atomic E-state index is 14.2. The Morgan fingerprint density at radius 2 is 1.85 bits per heavy atom. The number of carbonyl (C=O) groups excluding carboxylic acids is 2. The number of piperazine rings is 1. The summed E-state index contributed by atoms with van der Waals surface area (Å²) in [6.45, 7) is 16.9. The fourth-order valence-electron chi connectivity index (χ4n) is 10.3. The zero-order valence-electron chi connectivity index (χ0n) is 37.8. The number of aliphatic hydroxyl groups excluding tert-OH is 1. The van der Waals surface area contributed by atoms with Crippen molar-refractivity contribution in [3.05, 3.63) is 83.2 Å². The number of nitrogens with zero attached hydrogens (tertiary/aromatic N) is 8. The lowest BCUT2D eigenvalue weighted by atomic mass is 9.91. The molecule has 17 heteroatoms. The molecule has 3 saturated heterocycles. The fraction of sp³-hybridized carbons (Fsp3) is 0.500. The molecule has 0 spiro atoms. The quantitative estimate of drug-likeness (QED) is 0.115. The van der Waals surface area contributed by atoms with Crippen molar-refractivity contribution >= 4 is 34.7 Å². The number of phenolic OH excluding ortho intramolecular Hbond substituents is 1. The van der Waals surface area contributed by atoms with Gasteiger partial charge in [-0.1, -0.05) is 57.2 Å². The number of piperidine rings is 1. The van der Waals surface area contributed by atoms with Crippen LogP contribution in [0, 0.1) is 18.8 Å². The Morgan fingerprint density at radius 1 is 1.03 bits per heavy atom. The minimum absolute atomic E-state index is 0.0604. The van der Waals surface area contributed by atoms with Crippen molar-refractivity contribution in [1.82, 2.24) is 40.4 Å². The van der Waals surface area contributed by atoms with Gasteiger partial charge in [0.05, 0.1) is 45.7 Å². The van der Waals surface area contributed by atoms with Crippen LogP contribution in [-0.4, -0.2) is 140 Å². The van der Waals surface area contributed by atoms with Crippen molar-refractivity contribution in [2.45, 2.75) is 83.6 Å². The van der Waals surface area contributed by atoms with E-state index in [9.17, 15) is 19.8 Å². The van der Waals surface area contributed by atoms with E-state index in [0.717, 1.165) is 85.4 Å². The first-order chi connectivity index (χ1) is 31.4. The van der Waals surface area contributed by atoms with E-state index in [-0.39, 0.29) is 42.5 Å². The number of likely N-dealkylation sites (tertiary alicyclic amines) is 2. The zero-order chi connectivity index (χ0) is 45.4. The molecular formula is C48H60N10O6S. The van der Waals surface area contributed by atoms with Crippen LogP contribution in [0.25, 0.3) is 21.7 Å². The number of aryl methyl sites for hydroxylation is 1. The van der Waals surface area contributed by atoms with E-state index in [1.54, 1.807) is 29.5 Å². The molecular weight excluding hydrogens is 845 g/mol. The van der Waals surface area contributed by atoms with E-state index in [4.69, 9.17) is 9.26 Å². The van der Waals surface area contributed by atoms with Crippen molar-refractivity contribution < 1.29 is 29.1 Å². The molecule has 0 bridgehead atoms. The molecule has 9 rings (SSSR count). The normalized spacial score (nSPS) is 23.4. The second-order valence-electron chi connectivity index (χ2n) is 18.5. The largest absolute Gasteiger partial charge is 0.507 e. The number of aromatic nitrogens is 4. The number of thiazole rings is 1. The number of para-hydroxylation sites is 1. The van der Waals surface area contributed by atoms with Gasteiger partial charge in [-0.15, -0.1) is 21.5 Å². The minimum atomic E-state index is -0.821. The molecule has 16 nitrogen and oxygen atoms in total. The maximum Gasteiger partial charge on any atom is 0.254 e. The van der Waals surface area contributed by atoms with Crippen molar-refractivity contribution in [3.8, 4) is 33.3 Å². The van der Waals surface area contributed by atoms with E-state index < -0.39 is 18.1 Å². The molecule has 3 aromatic heterocycles. The fourth-order valence-corrected chi connectivity index (χ4v) is 11.1. The number of rotatable bonds is 13. The van der Waals surface area contributed by atoms with Crippen LogP contribution in [0.3, 0.4) is 0 Å². The number of carbonyl (C=O) groups is 2. The molecule has 344 valence electrons. The number of nitrogens with one attached hydrogen (secondary N) is 2. The Bertz CT molecular complexity index is 2460. The summed E-state index contributed by atoms with van der Waals surface area (Å²) in [4.78, 5) is 42.5. The van der Waals surface area contributed by atoms with Crippen LogP contribution in [0.1, 0.15) is 69.5 Å². The Hall–Kier alpha value is -5.62. The van der Waals surface area contributed by atoms with Crippen LogP contribution in [0.2, 0.25) is 0 Å². The molecule has 7 heterocycles. The molecule has 7 atom stereocenters. The number of ether oxygens (including phenoxy) is 1. The first-order valence-corrected chi connectivity index (χ1v) is 23.8. The summed E-state index contributed by atoms with van der Waals surface area (Å²) in [6.07, 6.45) is 0.404. The number of benzene rings is 2. The number of phenols is 1. The number of hydrogen-bond acceptors (Lipinski definition) is 15. The molecule has 4 aliphatic rings. The Labute approximate surface area is 384 Å². The van der Waals surface area contributed by atoms with Gasteiger partial charge in [-0.3, -0.25) is 19.4 Å². The second-order valence-corrected chi connectivity index (χ2v) is 19.3. The summed E-state index contributed by atoms with van der Waals surface area (Å²) in [6, 6.07) is 18.7. The Kier molecular flexibility index (Phi) is 13.1. The number of aromatic hydroxyl groups is 1. The second kappa shape index (κ2) is 19.1. The van der Waals surface area contributed by atoms with Crippen LogP contribution in [-0.2, 0) is 9.59 Å². The van der Waals surface area contributed by atoms with Gasteiger partial charge in [0, 0.05) is 69.9 Å². The van der Waals surface area contributed by atoms with E-state index >= 15 is 0 Å². The molecule has 5 aromatic rings. The number of β-amino-alcohol motifs (C(OH)–C–C–N with tert-alkyl or cyclic N) is 1. The van der Waals surface area contributed by atoms with E-state index in [2.05, 4.69) is 52.6 Å². The standard InChI is InChI=1S/C48H60N10O6S/c1-28(2)44(48(62)58-26-35(59)20-40(58)47(61)51-30(4)32-10-12-33(13-11-32)45-31(5)50-27-65-45)42-22-43(54-64-42)63-19-18-55-15-14-38(29(3)24-55)56-16-17-57-34(25-56)23-49-46-39(57)21-37(52-53-46)36-8-6-7-9-41(36)60/h6-13,21-22,27-30,34-35,38,40,44,59-60H,14-20,23-26H2,1-5H3,(H,49,53)(H,51,61)/t29-,30-,34-,35+,38+,40-,44+/m0/s1. The van der Waals surface area contributed by atoms with E-state index in [0.29, 0.717) is 47.5 Å². The molecule has 2 amide bonds. The summed E-state index contributed by atoms with van der Waals surface area (Å²) in [5, 5.41) is 40.8. The SMILES string of the molecule is Cc1ncsc1-c1ccc([C@H](C)NC(=O)[C@@H]2C[C@@H](O)CN2C(=O)[C@@H](c2cc(OCCN3CC[C@@H](N4CCN5c6cc(-c7ccccc7O)nnc6NC[C@H]5C4)[C@@H](C)C3)no2)C(C)C)cc1. The van der Waals surface area contributed by atoms with Crippen molar-refractivity contribution in [1.29, 1.82) is 0 Å². The highest BCUT2D eigenvalue weighted by atomic mass is 32.1. The topological polar surface area (TPSA) is 186 Å². The zero-order valence-corrected chi connectivity index (χ0v) is 38.6. The molecule has 0 unspecified atom stereocenters. The minimum Gasteiger partial charge on any atom is -0.507 e. The van der Waals surface area contributed by atoms with Gasteiger partial charge in [-0.05, 0) is 73.1 Å². The molecule has 4 N–H and O–H groups in total. The van der Waals surface area contributed by atoms with Crippen LogP contribution >= 0.6 is 11.3 Å². The number of aliphatic hydroxyl groups is 1. The summed E-state index contributed by atoms with van der Waals surface area (Å²) >= 11 is 1.59. The number of anilines is 2. The molecule has 4 aliphatic heterocycles. The molecule has 0 aliphatic carbocycles. The highest BCUT2D eigenvalue weighted by Crippen LogP contribution is 2.38. The van der Waals surface area contributed by atoms with Crippen LogP contribution < -0.4 is 20.3 Å². The highest BCUT2D eigenvalue weighted by molar-refractivity contribution is 7.13. The first-order valence-electron chi connectivity index (χ1n) is 22.9. The lowest BCUT2D eigenvalue weighted by molar-refractivity contribution is -0.141. The van der Waals surface area contributed by atoms with Crippen molar-refractivity contribution in [3.63, 3.8) is 0 Å². The first kappa shape index (κ1) is 44.6. The molecule has 0 saturated carbocycles. The molecule has 0 radical (unpaired) electrons. The average Bonchev–Trinajstić information content (AvgIpc) is 4.06. The van der Waals surface area contributed by atoms with Gasteiger partial charge in [0.15, 0.2) is 11.6 Å². The van der Waals surface area contributed by atoms with Crippen LogP contribution in [0.5, 0.6) is 11.6 Å². The third-order valence-corrected chi connectivity index (χ3v) is 14.7. The van der Waals surface area contributed by atoms with Crippen molar-refractivity contribution in [2.75, 3.05) is 69.2 Å². The highest BCUT2D eigenvalue weighted by Gasteiger charge is 2.44. The van der Waals surface area contributed by atoms with Crippen LogP contribution in [0.4, 0.5) is 11.5 Å². The predicted octanol–water partition coefficient (Wildman–Crippen LogP) is 5.55. The Morgan fingerprint density at radius 3 is 2.60 bits per heavy atom. The summed E-state index contributed by atoms with van der Waals surface area (Å²) in [5.41, 5.74) is 7.20. The van der Waals surface area contributed by atoms with Crippen molar-refractivity contribution in [2.24, 2.45) is 11.8 Å². The molecule has 2 aromatic carbocycles. The summed E-state index contributed by atoms with van der Waals surface area (Å²) in [7, 11) is 0. The van der Waals surface area contributed by atoms with Gasteiger partial charge in [0.1, 0.15) is 24.3 Å². The third-order valence-electron chi connectivity index (χ3n) is 13.7. The lowest BCUT2D eigenvalue weighted by Crippen LogP contribution is -2.62. The van der Waals surface area contributed by atoms with Gasteiger partial charge < -0.3 is 39.9 Å². The van der Waals surface area contributed by atoms with Gasteiger partial charge in [0.2, 0.25) is 11.8 Å². The van der Waals surface area contributed by atoms with E-state index in [1.165, 1.54) is 4.90 Å². The summed E-state index contributed by atoms with van der Waals surface area (Å²) in [5.74, 6) is 0.678. The van der Waals surface area contributed by atoms with Gasteiger partial charge in [-0.2, -0.15) is 0 Å². The lowest BCUT2D eigenvalue weighted by Gasteiger charge is -2.50. The number of hydrogen-bond donors (Lipinski definition) is 4. The predicted molar refractivity (Wildman–Crippen MR) is 249 cm³/mol. The summed E-state index contributed by atoms with van der Waals surface area (Å²) < 4.78 is 11.9. The smallest absolute Gasteiger partial charge is 0.254 e. The number of fused-ring (bicyclic) bond motifs is 3. The third kappa shape index (κ3) is 9.42. The Balaban J connectivity index is 0.753. The molecule has 3 fully saturated rings. The van der Waals surface area contributed by atoms with Gasteiger partial charge >= 0.3 is 0 Å². The average molecular weight is 905 g/mol. The van der Waals surface area contributed by atoms with Gasteiger partial charge in [-0.25, -0.2) is 4.98 Å². The maximum atomic E-state index is 14.2. The van der Waals surface area contributed by atoms with E-state index in [1.807, 2.05) is 75.7 Å². The van der Waals surface area contributed by atoms with Gasteiger partial charge in [0.25, 0.3) is 5.88 Å².